The van der Waals surface area contributed by atoms with Gasteiger partial charge >= 0.3 is 6.18 Å². The molecule has 2 aromatic rings. The van der Waals surface area contributed by atoms with Crippen molar-refractivity contribution in [1.82, 2.24) is 9.78 Å². The Morgan fingerprint density at radius 3 is 2.43 bits per heavy atom. The first kappa shape index (κ1) is 15.1. The highest BCUT2D eigenvalue weighted by atomic mass is 19.4. The lowest BCUT2D eigenvalue weighted by Crippen LogP contribution is -2.08. The second-order valence-electron chi connectivity index (χ2n) is 4.76. The minimum Gasteiger partial charge on any atom is -0.236 e. The molecular formula is C15H14F3N3. The fourth-order valence-electron chi connectivity index (χ4n) is 2.41. The standard InChI is InChI=1S/C15H14F3N3/c1-4-13-9(2)20-21(10(13)3)14-6-5-12(15(16,17)18)7-11(14)8-19/h5-7H,4H2,1-3H3. The van der Waals surface area contributed by atoms with Gasteiger partial charge in [-0.25, -0.2) is 4.68 Å². The average molecular weight is 293 g/mol. The van der Waals surface area contributed by atoms with Gasteiger partial charge in [0.2, 0.25) is 0 Å². The molecule has 0 saturated heterocycles. The van der Waals surface area contributed by atoms with Gasteiger partial charge in [-0.1, -0.05) is 6.92 Å². The summed E-state index contributed by atoms with van der Waals surface area (Å²) >= 11 is 0. The molecule has 0 N–H and O–H groups in total. The van der Waals surface area contributed by atoms with Crippen LogP contribution in [0, 0.1) is 25.2 Å². The Morgan fingerprint density at radius 2 is 1.95 bits per heavy atom. The van der Waals surface area contributed by atoms with Crippen molar-refractivity contribution in [3.05, 3.63) is 46.3 Å². The summed E-state index contributed by atoms with van der Waals surface area (Å²) in [5.74, 6) is 0. The van der Waals surface area contributed by atoms with E-state index >= 15 is 0 Å². The van der Waals surface area contributed by atoms with E-state index in [0.717, 1.165) is 35.5 Å². The summed E-state index contributed by atoms with van der Waals surface area (Å²) in [6.45, 7) is 5.68. The molecule has 1 heterocycles. The highest BCUT2D eigenvalue weighted by Crippen LogP contribution is 2.31. The third-order valence-corrected chi connectivity index (χ3v) is 3.47. The molecule has 110 valence electrons. The van der Waals surface area contributed by atoms with Crippen LogP contribution in [-0.2, 0) is 12.6 Å². The Labute approximate surface area is 120 Å². The second kappa shape index (κ2) is 5.24. The minimum absolute atomic E-state index is 0.0434. The topological polar surface area (TPSA) is 41.6 Å². The van der Waals surface area contributed by atoms with Gasteiger partial charge in [-0.2, -0.15) is 23.5 Å². The van der Waals surface area contributed by atoms with Crippen LogP contribution in [0.3, 0.4) is 0 Å². The van der Waals surface area contributed by atoms with Gasteiger partial charge in [-0.3, -0.25) is 0 Å². The Hall–Kier alpha value is -2.29. The first-order valence-corrected chi connectivity index (χ1v) is 6.46. The number of alkyl halides is 3. The summed E-state index contributed by atoms with van der Waals surface area (Å²) < 4.78 is 39.7. The van der Waals surface area contributed by atoms with Crippen molar-refractivity contribution in [3.8, 4) is 11.8 Å². The van der Waals surface area contributed by atoms with Gasteiger partial charge in [-0.15, -0.1) is 0 Å². The molecule has 21 heavy (non-hydrogen) atoms. The van der Waals surface area contributed by atoms with E-state index < -0.39 is 11.7 Å². The van der Waals surface area contributed by atoms with Crippen LogP contribution in [0.2, 0.25) is 0 Å². The van der Waals surface area contributed by atoms with Gasteiger partial charge in [0.15, 0.2) is 0 Å². The summed E-state index contributed by atoms with van der Waals surface area (Å²) in [6.07, 6.45) is -3.69. The number of aromatic nitrogens is 2. The molecule has 6 heteroatoms. The van der Waals surface area contributed by atoms with Crippen molar-refractivity contribution in [1.29, 1.82) is 5.26 Å². The van der Waals surface area contributed by atoms with Crippen molar-refractivity contribution >= 4 is 0 Å². The van der Waals surface area contributed by atoms with Crippen molar-refractivity contribution in [2.75, 3.05) is 0 Å². The molecule has 2 rings (SSSR count). The molecule has 0 aliphatic rings. The molecule has 3 nitrogen and oxygen atoms in total. The SMILES string of the molecule is CCc1c(C)nn(-c2ccc(C(F)(F)F)cc2C#N)c1C. The third kappa shape index (κ3) is 2.64. The largest absolute Gasteiger partial charge is 0.416 e. The smallest absolute Gasteiger partial charge is 0.236 e. The monoisotopic (exact) mass is 293 g/mol. The van der Waals surface area contributed by atoms with Gasteiger partial charge in [0, 0.05) is 5.69 Å². The molecule has 0 aliphatic carbocycles. The lowest BCUT2D eigenvalue weighted by molar-refractivity contribution is -0.137. The van der Waals surface area contributed by atoms with E-state index in [2.05, 4.69) is 5.10 Å². The lowest BCUT2D eigenvalue weighted by atomic mass is 10.1. The minimum atomic E-state index is -4.46. The number of rotatable bonds is 2. The Balaban J connectivity index is 2.63. The van der Waals surface area contributed by atoms with E-state index in [-0.39, 0.29) is 5.56 Å². The van der Waals surface area contributed by atoms with Gasteiger partial charge in [0.25, 0.3) is 0 Å². The molecule has 0 bridgehead atoms. The maximum atomic E-state index is 12.7. The highest BCUT2D eigenvalue weighted by molar-refractivity contribution is 5.52. The highest BCUT2D eigenvalue weighted by Gasteiger charge is 2.31. The summed E-state index contributed by atoms with van der Waals surface area (Å²) in [7, 11) is 0. The predicted octanol–water partition coefficient (Wildman–Crippen LogP) is 3.94. The van der Waals surface area contributed by atoms with E-state index in [0.29, 0.717) is 5.69 Å². The van der Waals surface area contributed by atoms with Crippen molar-refractivity contribution < 1.29 is 13.2 Å². The van der Waals surface area contributed by atoms with Crippen molar-refractivity contribution in [2.24, 2.45) is 0 Å². The summed E-state index contributed by atoms with van der Waals surface area (Å²) in [5, 5.41) is 13.5. The number of hydrogen-bond donors (Lipinski definition) is 0. The van der Waals surface area contributed by atoms with Crippen LogP contribution in [0.15, 0.2) is 18.2 Å². The first-order chi connectivity index (χ1) is 9.79. The number of aryl methyl sites for hydroxylation is 1. The number of nitriles is 1. The number of benzene rings is 1. The van der Waals surface area contributed by atoms with Gasteiger partial charge in [0.05, 0.1) is 22.5 Å². The van der Waals surface area contributed by atoms with Crippen LogP contribution in [0.5, 0.6) is 0 Å². The molecule has 1 aromatic heterocycles. The Morgan fingerprint density at radius 1 is 1.29 bits per heavy atom. The zero-order chi connectivity index (χ0) is 15.8. The van der Waals surface area contributed by atoms with Crippen LogP contribution in [0.1, 0.15) is 35.0 Å². The van der Waals surface area contributed by atoms with E-state index in [1.54, 1.807) is 0 Å². The molecule has 0 atom stereocenters. The molecule has 0 spiro atoms. The quantitative estimate of drug-likeness (QED) is 0.841. The molecular weight excluding hydrogens is 279 g/mol. The van der Waals surface area contributed by atoms with Crippen LogP contribution in [0.25, 0.3) is 5.69 Å². The molecule has 0 amide bonds. The Kier molecular flexibility index (Phi) is 3.77. The van der Waals surface area contributed by atoms with Crippen LogP contribution >= 0.6 is 0 Å². The normalized spacial score (nSPS) is 11.5. The number of halogens is 3. The molecule has 1 aromatic carbocycles. The lowest BCUT2D eigenvalue weighted by Gasteiger charge is -2.11. The maximum Gasteiger partial charge on any atom is 0.416 e. The van der Waals surface area contributed by atoms with Crippen molar-refractivity contribution in [2.45, 2.75) is 33.4 Å². The molecule has 0 saturated carbocycles. The van der Waals surface area contributed by atoms with E-state index in [1.807, 2.05) is 26.8 Å². The van der Waals surface area contributed by atoms with Crippen LogP contribution in [-0.4, -0.2) is 9.78 Å². The van der Waals surface area contributed by atoms with Gasteiger partial charge in [0.1, 0.15) is 6.07 Å². The maximum absolute atomic E-state index is 12.7. The molecule has 0 unspecified atom stereocenters. The van der Waals surface area contributed by atoms with Crippen LogP contribution < -0.4 is 0 Å². The van der Waals surface area contributed by atoms with E-state index in [1.165, 1.54) is 10.7 Å². The summed E-state index contributed by atoms with van der Waals surface area (Å²) in [5.41, 5.74) is 2.19. The van der Waals surface area contributed by atoms with Crippen molar-refractivity contribution in [3.63, 3.8) is 0 Å². The van der Waals surface area contributed by atoms with E-state index in [4.69, 9.17) is 5.26 Å². The molecule has 0 fully saturated rings. The van der Waals surface area contributed by atoms with Gasteiger partial charge in [-0.05, 0) is 44.0 Å². The third-order valence-electron chi connectivity index (χ3n) is 3.47. The van der Waals surface area contributed by atoms with Crippen LogP contribution in [0.4, 0.5) is 13.2 Å². The molecule has 0 aliphatic heterocycles. The second-order valence-corrected chi connectivity index (χ2v) is 4.76. The number of hydrogen-bond acceptors (Lipinski definition) is 2. The Bertz CT molecular complexity index is 721. The summed E-state index contributed by atoms with van der Waals surface area (Å²) in [4.78, 5) is 0. The summed E-state index contributed by atoms with van der Waals surface area (Å²) in [6, 6.07) is 4.94. The zero-order valence-corrected chi connectivity index (χ0v) is 11.9. The molecule has 0 radical (unpaired) electrons. The fourth-order valence-corrected chi connectivity index (χ4v) is 2.41. The average Bonchev–Trinajstić information content (AvgIpc) is 2.71. The predicted molar refractivity (Wildman–Crippen MR) is 72.1 cm³/mol. The fraction of sp³-hybridized carbons (Fsp3) is 0.333. The number of nitrogens with zero attached hydrogens (tertiary/aromatic N) is 3. The van der Waals surface area contributed by atoms with E-state index in [9.17, 15) is 13.2 Å². The first-order valence-electron chi connectivity index (χ1n) is 6.46. The van der Waals surface area contributed by atoms with Gasteiger partial charge < -0.3 is 0 Å². The zero-order valence-electron chi connectivity index (χ0n) is 11.9.